The number of aliphatic hydroxyl groups excluding tert-OH is 11. The number of hydrogen-bond donors (Lipinski definition) is 12. The molecule has 0 aromatic rings. The topological polar surface area (TPSA) is 351 Å². The smallest absolute Gasteiger partial charge is 0.335 e. The summed E-state index contributed by atoms with van der Waals surface area (Å²) in [4.78, 5) is 27.2. The zero-order valence-corrected chi connectivity index (χ0v) is 43.6. The van der Waals surface area contributed by atoms with Crippen molar-refractivity contribution in [3.63, 3.8) is 0 Å². The number of aliphatic carboxylic acids is 1. The summed E-state index contributed by atoms with van der Waals surface area (Å²) < 4.78 is 47.1. The SMILES string of the molecule is C[C@H]1O[C@H](O[C@H]2[C@@H](OC(=O)[C@@]34CCC(C)(C)C[C@@H]3C3=CC[C@@H]5[C@]6(C)CC[C@@H](O[C@H]7O[C@H](C(=O)O)[C@@H](O)[C@H](O)[C@H]7O)C(C)(C)[C@@H]6CC[C@@]5(C)[C@]3(C)C[C@@H]4O)OC[C@@H](O)[C@H]2O)[C@H](O)[C@@H](O)[C@@H]1O[C@H]1OC[C@H](O)[C@H](O)[C@@H]1O. The van der Waals surface area contributed by atoms with Gasteiger partial charge in [-0.15, -0.1) is 0 Å². The Morgan fingerprint density at radius 1 is 0.608 bits per heavy atom. The van der Waals surface area contributed by atoms with E-state index in [1.54, 1.807) is 0 Å². The van der Waals surface area contributed by atoms with Gasteiger partial charge in [-0.1, -0.05) is 60.1 Å². The van der Waals surface area contributed by atoms with E-state index in [9.17, 15) is 66.1 Å². The monoisotopic (exact) mass is 1060 g/mol. The number of carbonyl (C=O) groups is 2. The Hall–Kier alpha value is -2.04. The second-order valence-electron chi connectivity index (χ2n) is 25.5. The van der Waals surface area contributed by atoms with E-state index in [-0.39, 0.29) is 47.5 Å². The van der Waals surface area contributed by atoms with Crippen molar-refractivity contribution in [2.24, 2.45) is 50.2 Å². The third-order valence-corrected chi connectivity index (χ3v) is 20.6. The van der Waals surface area contributed by atoms with Crippen LogP contribution in [0.4, 0.5) is 0 Å². The average Bonchev–Trinajstić information content (AvgIpc) is 3.32. The van der Waals surface area contributed by atoms with Crippen molar-refractivity contribution in [3.8, 4) is 0 Å². The van der Waals surface area contributed by atoms with Crippen LogP contribution in [0.15, 0.2) is 11.6 Å². The van der Waals surface area contributed by atoms with E-state index in [2.05, 4.69) is 54.5 Å². The van der Waals surface area contributed by atoms with E-state index in [0.717, 1.165) is 18.4 Å². The molecule has 0 aromatic heterocycles. The molecule has 9 aliphatic rings. The number of ether oxygens (including phenoxy) is 8. The molecule has 22 nitrogen and oxygen atoms in total. The predicted molar refractivity (Wildman–Crippen MR) is 251 cm³/mol. The summed E-state index contributed by atoms with van der Waals surface area (Å²) >= 11 is 0. The Bertz CT molecular complexity index is 2110. The number of fused-ring (bicyclic) bond motifs is 7. The van der Waals surface area contributed by atoms with Gasteiger partial charge in [0.15, 0.2) is 31.1 Å². The van der Waals surface area contributed by atoms with Gasteiger partial charge < -0.3 is 99.2 Å². The molecule has 0 aromatic carbocycles. The van der Waals surface area contributed by atoms with Gasteiger partial charge in [0.25, 0.3) is 0 Å². The molecular formula is C52H82O22. The Morgan fingerprint density at radius 2 is 1.22 bits per heavy atom. The highest BCUT2D eigenvalue weighted by Gasteiger charge is 2.72. The van der Waals surface area contributed by atoms with Crippen LogP contribution in [-0.2, 0) is 47.5 Å². The molecule has 4 saturated carbocycles. The van der Waals surface area contributed by atoms with Gasteiger partial charge in [0, 0.05) is 0 Å². The van der Waals surface area contributed by atoms with Crippen LogP contribution in [0.3, 0.4) is 0 Å². The van der Waals surface area contributed by atoms with Gasteiger partial charge in [-0.25, -0.2) is 4.79 Å². The summed E-state index contributed by atoms with van der Waals surface area (Å²) in [5.74, 6) is -2.53. The number of allylic oxidation sites excluding steroid dienone is 2. The maximum absolute atomic E-state index is 15.3. The fourth-order valence-electron chi connectivity index (χ4n) is 16.0. The largest absolute Gasteiger partial charge is 0.479 e. The van der Waals surface area contributed by atoms with Crippen LogP contribution in [0.5, 0.6) is 0 Å². The van der Waals surface area contributed by atoms with Gasteiger partial charge in [-0.3, -0.25) is 4.79 Å². The molecular weight excluding hydrogens is 977 g/mol. The predicted octanol–water partition coefficient (Wildman–Crippen LogP) is -0.666. The maximum Gasteiger partial charge on any atom is 0.335 e. The molecule has 0 spiro atoms. The molecule has 0 amide bonds. The summed E-state index contributed by atoms with van der Waals surface area (Å²) in [6, 6.07) is 0. The number of hydrogen-bond acceptors (Lipinski definition) is 21. The van der Waals surface area contributed by atoms with Gasteiger partial charge in [0.05, 0.1) is 31.5 Å². The summed E-state index contributed by atoms with van der Waals surface area (Å²) in [6.07, 6.45) is -23.4. The summed E-state index contributed by atoms with van der Waals surface area (Å²) in [6.45, 7) is 16.0. The second kappa shape index (κ2) is 19.9. The number of esters is 1. The zero-order chi connectivity index (χ0) is 54.2. The first-order valence-corrected chi connectivity index (χ1v) is 26.6. The molecule has 4 heterocycles. The Kier molecular flexibility index (Phi) is 15.3. The van der Waals surface area contributed by atoms with Gasteiger partial charge >= 0.3 is 11.9 Å². The Morgan fingerprint density at radius 3 is 1.89 bits per heavy atom. The third-order valence-electron chi connectivity index (χ3n) is 20.6. The van der Waals surface area contributed by atoms with Crippen LogP contribution in [-0.4, -0.2) is 209 Å². The molecule has 0 radical (unpaired) electrons. The van der Waals surface area contributed by atoms with E-state index in [1.807, 2.05) is 0 Å². The van der Waals surface area contributed by atoms with Gasteiger partial charge in [0.1, 0.15) is 72.6 Å². The fraction of sp³-hybridized carbons (Fsp3) is 0.923. The molecule has 9 rings (SSSR count). The van der Waals surface area contributed by atoms with Crippen molar-refractivity contribution < 1.29 is 109 Å². The highest BCUT2D eigenvalue weighted by molar-refractivity contribution is 5.80. The van der Waals surface area contributed by atoms with E-state index in [0.29, 0.717) is 32.1 Å². The number of carbonyl (C=O) groups excluding carboxylic acids is 1. The van der Waals surface area contributed by atoms with Crippen LogP contribution in [0.1, 0.15) is 113 Å². The van der Waals surface area contributed by atoms with E-state index in [1.165, 1.54) is 6.92 Å². The molecule has 422 valence electrons. The lowest BCUT2D eigenvalue weighted by Gasteiger charge is -2.71. The molecule has 22 heteroatoms. The van der Waals surface area contributed by atoms with Crippen molar-refractivity contribution in [1.82, 2.24) is 0 Å². The molecule has 74 heavy (non-hydrogen) atoms. The fourth-order valence-corrected chi connectivity index (χ4v) is 16.0. The lowest BCUT2D eigenvalue weighted by atomic mass is 9.33. The van der Waals surface area contributed by atoms with Gasteiger partial charge in [-0.2, -0.15) is 0 Å². The van der Waals surface area contributed by atoms with Crippen molar-refractivity contribution in [2.45, 2.75) is 236 Å². The Balaban J connectivity index is 0.944. The van der Waals surface area contributed by atoms with Crippen LogP contribution in [0.2, 0.25) is 0 Å². The van der Waals surface area contributed by atoms with Crippen LogP contribution in [0, 0.1) is 50.2 Å². The van der Waals surface area contributed by atoms with Crippen LogP contribution < -0.4 is 0 Å². The summed E-state index contributed by atoms with van der Waals surface area (Å²) in [5.41, 5.74) is -2.35. The number of aliphatic hydroxyl groups is 11. The molecule has 4 saturated heterocycles. The first kappa shape index (κ1) is 56.7. The molecule has 4 aliphatic heterocycles. The van der Waals surface area contributed by atoms with Gasteiger partial charge in [0.2, 0.25) is 6.29 Å². The minimum absolute atomic E-state index is 0.0880. The van der Waals surface area contributed by atoms with Crippen LogP contribution in [0.25, 0.3) is 0 Å². The van der Waals surface area contributed by atoms with Crippen molar-refractivity contribution in [1.29, 1.82) is 0 Å². The molecule has 27 atom stereocenters. The molecule has 5 aliphatic carbocycles. The Labute approximate surface area is 430 Å². The van der Waals surface area contributed by atoms with E-state index >= 15 is 4.79 Å². The lowest BCUT2D eigenvalue weighted by molar-refractivity contribution is -0.369. The first-order valence-electron chi connectivity index (χ1n) is 26.6. The van der Waals surface area contributed by atoms with Crippen molar-refractivity contribution in [2.75, 3.05) is 13.2 Å². The quantitative estimate of drug-likeness (QED) is 0.0774. The van der Waals surface area contributed by atoms with E-state index < -0.39 is 164 Å². The zero-order valence-electron chi connectivity index (χ0n) is 43.6. The van der Waals surface area contributed by atoms with Crippen LogP contribution >= 0.6 is 0 Å². The first-order chi connectivity index (χ1) is 34.4. The minimum atomic E-state index is -1.88. The molecule has 0 unspecified atom stereocenters. The lowest BCUT2D eigenvalue weighted by Crippen LogP contribution is -2.68. The molecule has 12 N–H and O–H groups in total. The minimum Gasteiger partial charge on any atom is -0.479 e. The van der Waals surface area contributed by atoms with Gasteiger partial charge in [-0.05, 0) is 110 Å². The average molecular weight is 1060 g/mol. The molecule has 8 fully saturated rings. The normalized spacial score (nSPS) is 54.0. The second-order valence-corrected chi connectivity index (χ2v) is 25.5. The number of carboxylic acid groups (broad SMARTS) is 1. The van der Waals surface area contributed by atoms with Crippen molar-refractivity contribution >= 4 is 11.9 Å². The highest BCUT2D eigenvalue weighted by Crippen LogP contribution is 2.76. The van der Waals surface area contributed by atoms with E-state index in [4.69, 9.17) is 37.9 Å². The standard InChI is InChI=1S/C52H82O22/c1-21-38(71-42-35(61)30(56)24(53)19-67-42)34(60)37(63)43(69-21)73-40-31(57)25(54)20-68-45(40)74-46(66)52-16-15-47(2,3)17-23(52)22-9-10-27-49(6)13-12-29(70-44-36(62)32(58)33(59)39(72-44)41(64)65)48(4,5)26(49)11-14-50(27,7)51(22,8)18-28(52)55/h9,21,23-40,42-45,53-63H,10-20H2,1-8H3,(H,64,65)/t21-,23-,24+,25-,26+,27-,28+,29-,30+,31-,32+,33+,34-,35+,36-,37-,38-,39+,40-,42-,43-,44+,45-,49-,50-,51-,52+/m1/s1. The summed E-state index contributed by atoms with van der Waals surface area (Å²) in [5, 5.41) is 130. The molecule has 0 bridgehead atoms. The number of rotatable bonds is 9. The maximum atomic E-state index is 15.3. The highest BCUT2D eigenvalue weighted by atomic mass is 16.8. The van der Waals surface area contributed by atoms with Crippen molar-refractivity contribution in [3.05, 3.63) is 11.6 Å². The number of carboxylic acids is 1. The summed E-state index contributed by atoms with van der Waals surface area (Å²) in [7, 11) is 0. The third kappa shape index (κ3) is 8.94.